The van der Waals surface area contributed by atoms with Crippen LogP contribution in [0.5, 0.6) is 0 Å². The number of hydrogen-bond acceptors (Lipinski definition) is 2. The van der Waals surface area contributed by atoms with E-state index in [4.69, 9.17) is 0 Å². The van der Waals surface area contributed by atoms with Gasteiger partial charge in [0.1, 0.15) is 5.82 Å². The van der Waals surface area contributed by atoms with Crippen molar-refractivity contribution in [3.05, 3.63) is 29.6 Å². The number of nitrogens with zero attached hydrogens (tertiary/aromatic N) is 1. The van der Waals surface area contributed by atoms with Gasteiger partial charge in [0.25, 0.3) is 0 Å². The highest BCUT2D eigenvalue weighted by atomic mass is 19.1. The maximum atomic E-state index is 14.0. The molecule has 0 amide bonds. The maximum absolute atomic E-state index is 14.0. The van der Waals surface area contributed by atoms with Gasteiger partial charge in [-0.2, -0.15) is 0 Å². The molecule has 0 radical (unpaired) electrons. The van der Waals surface area contributed by atoms with Crippen molar-refractivity contribution in [1.29, 1.82) is 0 Å². The molecule has 3 heteroatoms. The van der Waals surface area contributed by atoms with E-state index in [0.717, 1.165) is 18.4 Å². The molecule has 0 aliphatic heterocycles. The zero-order valence-corrected chi connectivity index (χ0v) is 11.3. The summed E-state index contributed by atoms with van der Waals surface area (Å²) < 4.78 is 14.0. The van der Waals surface area contributed by atoms with Gasteiger partial charge in [-0.15, -0.1) is 0 Å². The first-order valence-corrected chi connectivity index (χ1v) is 6.26. The van der Waals surface area contributed by atoms with E-state index < -0.39 is 0 Å². The molecule has 0 saturated heterocycles. The van der Waals surface area contributed by atoms with Gasteiger partial charge in [0, 0.05) is 19.6 Å². The lowest BCUT2D eigenvalue weighted by Crippen LogP contribution is -2.29. The van der Waals surface area contributed by atoms with Gasteiger partial charge < -0.3 is 10.2 Å². The van der Waals surface area contributed by atoms with Crippen molar-refractivity contribution < 1.29 is 4.39 Å². The van der Waals surface area contributed by atoms with E-state index in [9.17, 15) is 4.39 Å². The summed E-state index contributed by atoms with van der Waals surface area (Å²) in [6.07, 6.45) is 2.19. The lowest BCUT2D eigenvalue weighted by atomic mass is 10.1. The summed E-state index contributed by atoms with van der Waals surface area (Å²) in [6, 6.07) is 5.82. The number of anilines is 1. The summed E-state index contributed by atoms with van der Waals surface area (Å²) in [6.45, 7) is 4.98. The van der Waals surface area contributed by atoms with Crippen molar-refractivity contribution in [2.75, 3.05) is 19.0 Å². The molecule has 17 heavy (non-hydrogen) atoms. The van der Waals surface area contributed by atoms with Crippen LogP contribution in [0.2, 0.25) is 0 Å². The minimum absolute atomic E-state index is 0.136. The third-order valence-electron chi connectivity index (χ3n) is 3.14. The summed E-state index contributed by atoms with van der Waals surface area (Å²) in [4.78, 5) is 2.02. The summed E-state index contributed by atoms with van der Waals surface area (Å²) in [5.74, 6) is -0.136. The quantitative estimate of drug-likeness (QED) is 0.819. The molecule has 0 heterocycles. The van der Waals surface area contributed by atoms with Crippen molar-refractivity contribution in [1.82, 2.24) is 5.32 Å². The van der Waals surface area contributed by atoms with Crippen LogP contribution in [-0.4, -0.2) is 20.1 Å². The number of benzene rings is 1. The molecule has 0 bridgehead atoms. The first kappa shape index (κ1) is 14.0. The fourth-order valence-corrected chi connectivity index (χ4v) is 2.00. The van der Waals surface area contributed by atoms with E-state index in [0.29, 0.717) is 18.3 Å². The van der Waals surface area contributed by atoms with Crippen molar-refractivity contribution in [3.8, 4) is 0 Å². The van der Waals surface area contributed by atoms with Gasteiger partial charge in [-0.25, -0.2) is 4.39 Å². The van der Waals surface area contributed by atoms with E-state index >= 15 is 0 Å². The van der Waals surface area contributed by atoms with E-state index in [1.807, 2.05) is 31.1 Å². The normalized spacial score (nSPS) is 12.5. The van der Waals surface area contributed by atoms with Gasteiger partial charge in [0.15, 0.2) is 0 Å². The fourth-order valence-electron chi connectivity index (χ4n) is 2.00. The molecular formula is C14H23FN2. The molecule has 1 aromatic rings. The number of nitrogens with one attached hydrogen (secondary N) is 1. The average Bonchev–Trinajstić information content (AvgIpc) is 2.29. The Hall–Kier alpha value is -1.09. The fraction of sp³-hybridized carbons (Fsp3) is 0.571. The van der Waals surface area contributed by atoms with Gasteiger partial charge in [0.05, 0.1) is 5.69 Å². The topological polar surface area (TPSA) is 15.3 Å². The zero-order chi connectivity index (χ0) is 12.8. The minimum atomic E-state index is -0.136. The highest BCUT2D eigenvalue weighted by Crippen LogP contribution is 2.22. The molecule has 0 aliphatic rings. The van der Waals surface area contributed by atoms with Crippen LogP contribution in [-0.2, 0) is 6.54 Å². The molecular weight excluding hydrogens is 215 g/mol. The van der Waals surface area contributed by atoms with Crippen molar-refractivity contribution in [2.45, 2.75) is 39.3 Å². The summed E-state index contributed by atoms with van der Waals surface area (Å²) >= 11 is 0. The average molecular weight is 238 g/mol. The van der Waals surface area contributed by atoms with E-state index in [-0.39, 0.29) is 5.82 Å². The molecule has 1 atom stereocenters. The number of hydrogen-bond donors (Lipinski definition) is 1. The Balaban J connectivity index is 2.83. The Morgan fingerprint density at radius 1 is 1.41 bits per heavy atom. The van der Waals surface area contributed by atoms with Gasteiger partial charge in [-0.3, -0.25) is 0 Å². The van der Waals surface area contributed by atoms with Gasteiger partial charge in [-0.05, 0) is 38.1 Å². The molecule has 96 valence electrons. The second-order valence-electron chi connectivity index (χ2n) is 4.56. The van der Waals surface area contributed by atoms with Gasteiger partial charge >= 0.3 is 0 Å². The Kier molecular flexibility index (Phi) is 5.42. The van der Waals surface area contributed by atoms with Crippen molar-refractivity contribution in [3.63, 3.8) is 0 Å². The zero-order valence-electron chi connectivity index (χ0n) is 11.3. The van der Waals surface area contributed by atoms with E-state index in [2.05, 4.69) is 19.2 Å². The molecule has 1 N–H and O–H groups in total. The van der Waals surface area contributed by atoms with Crippen LogP contribution in [0.3, 0.4) is 0 Å². The van der Waals surface area contributed by atoms with Crippen molar-refractivity contribution in [2.24, 2.45) is 0 Å². The van der Waals surface area contributed by atoms with Gasteiger partial charge in [-0.1, -0.05) is 19.4 Å². The number of rotatable bonds is 6. The van der Waals surface area contributed by atoms with Crippen molar-refractivity contribution >= 4 is 5.69 Å². The Bertz CT molecular complexity index is 352. The third-order valence-corrected chi connectivity index (χ3v) is 3.14. The Labute approximate surface area is 104 Å². The van der Waals surface area contributed by atoms with Crippen LogP contribution >= 0.6 is 0 Å². The summed E-state index contributed by atoms with van der Waals surface area (Å²) in [7, 11) is 3.82. The summed E-state index contributed by atoms with van der Waals surface area (Å²) in [5, 5.41) is 3.02. The van der Waals surface area contributed by atoms with Crippen LogP contribution < -0.4 is 10.2 Å². The SMILES string of the molecule is CCCC(C)N(C)c1ccc(CNC)cc1F. The molecule has 0 aromatic heterocycles. The third kappa shape index (κ3) is 3.70. The van der Waals surface area contributed by atoms with E-state index in [1.54, 1.807) is 6.07 Å². The largest absolute Gasteiger partial charge is 0.370 e. The minimum Gasteiger partial charge on any atom is -0.370 e. The maximum Gasteiger partial charge on any atom is 0.146 e. The molecule has 1 unspecified atom stereocenters. The standard InChI is InChI=1S/C14H23FN2/c1-5-6-11(2)17(4)14-8-7-12(10-16-3)9-13(14)15/h7-9,11,16H,5-6,10H2,1-4H3. The first-order valence-electron chi connectivity index (χ1n) is 6.26. The molecule has 0 spiro atoms. The second kappa shape index (κ2) is 6.60. The number of halogens is 1. The highest BCUT2D eigenvalue weighted by molar-refractivity contribution is 5.49. The van der Waals surface area contributed by atoms with Crippen LogP contribution in [0.15, 0.2) is 18.2 Å². The van der Waals surface area contributed by atoms with Crippen LogP contribution in [0, 0.1) is 5.82 Å². The lowest BCUT2D eigenvalue weighted by molar-refractivity contribution is 0.580. The van der Waals surface area contributed by atoms with Crippen LogP contribution in [0.4, 0.5) is 10.1 Å². The van der Waals surface area contributed by atoms with Crippen LogP contribution in [0.1, 0.15) is 32.3 Å². The molecule has 2 nitrogen and oxygen atoms in total. The summed E-state index contributed by atoms with van der Waals surface area (Å²) in [5.41, 5.74) is 1.66. The Morgan fingerprint density at radius 3 is 2.65 bits per heavy atom. The Morgan fingerprint density at radius 2 is 2.12 bits per heavy atom. The van der Waals surface area contributed by atoms with Gasteiger partial charge in [0.2, 0.25) is 0 Å². The lowest BCUT2D eigenvalue weighted by Gasteiger charge is -2.27. The molecule has 0 saturated carbocycles. The predicted octanol–water partition coefficient (Wildman–Crippen LogP) is 3.17. The predicted molar refractivity (Wildman–Crippen MR) is 71.9 cm³/mol. The first-order chi connectivity index (χ1) is 8.10. The molecule has 1 rings (SSSR count). The molecule has 0 fully saturated rings. The highest BCUT2D eigenvalue weighted by Gasteiger charge is 2.13. The van der Waals surface area contributed by atoms with Crippen LogP contribution in [0.25, 0.3) is 0 Å². The smallest absolute Gasteiger partial charge is 0.146 e. The van der Waals surface area contributed by atoms with E-state index in [1.165, 1.54) is 0 Å². The monoisotopic (exact) mass is 238 g/mol. The second-order valence-corrected chi connectivity index (χ2v) is 4.56. The molecule has 0 aliphatic carbocycles. The molecule has 1 aromatic carbocycles.